The van der Waals surface area contributed by atoms with Crippen LogP contribution in [0.1, 0.15) is 400 Å². The standard InChI is InChI=1S/C74H138O6/c1-4-7-10-13-16-19-22-25-27-28-29-30-31-32-33-34-35-36-37-38-39-40-41-42-43-44-45-46-48-49-52-55-58-61-64-67-73(76)79-70-71(69-78-72(75)66-63-60-57-54-51-24-21-18-15-12-9-6-3)80-74(77)68-65-62-59-56-53-50-47-26-23-20-17-14-11-8-5-2/h18,21-22,25,28-29,71H,4-17,19-20,23-24,26-27,30-70H2,1-3H3/b21-18-,25-22-,29-28-. The van der Waals surface area contributed by atoms with E-state index in [1.54, 1.807) is 0 Å². The van der Waals surface area contributed by atoms with Crippen molar-refractivity contribution in [3.63, 3.8) is 0 Å². The molecule has 0 bridgehead atoms. The van der Waals surface area contributed by atoms with Crippen LogP contribution in [0.4, 0.5) is 0 Å². The number of hydrogen-bond acceptors (Lipinski definition) is 6. The molecule has 0 N–H and O–H groups in total. The predicted octanol–water partition coefficient (Wildman–Crippen LogP) is 24.7. The van der Waals surface area contributed by atoms with Crippen molar-refractivity contribution in [1.82, 2.24) is 0 Å². The van der Waals surface area contributed by atoms with Crippen LogP contribution in [0.2, 0.25) is 0 Å². The molecule has 0 aliphatic rings. The van der Waals surface area contributed by atoms with Crippen molar-refractivity contribution in [3.05, 3.63) is 36.5 Å². The average molecular weight is 1120 g/mol. The van der Waals surface area contributed by atoms with Gasteiger partial charge in [0, 0.05) is 19.3 Å². The van der Waals surface area contributed by atoms with E-state index >= 15 is 0 Å². The van der Waals surface area contributed by atoms with Crippen molar-refractivity contribution in [3.8, 4) is 0 Å². The van der Waals surface area contributed by atoms with Gasteiger partial charge in [0.25, 0.3) is 0 Å². The highest BCUT2D eigenvalue weighted by atomic mass is 16.6. The maximum atomic E-state index is 12.9. The van der Waals surface area contributed by atoms with Crippen molar-refractivity contribution in [2.45, 2.75) is 406 Å². The summed E-state index contributed by atoms with van der Waals surface area (Å²) in [5, 5.41) is 0. The molecule has 6 nitrogen and oxygen atoms in total. The summed E-state index contributed by atoms with van der Waals surface area (Å²) in [4.78, 5) is 38.3. The van der Waals surface area contributed by atoms with Crippen molar-refractivity contribution in [2.24, 2.45) is 0 Å². The van der Waals surface area contributed by atoms with Gasteiger partial charge in [-0.2, -0.15) is 0 Å². The number of esters is 3. The highest BCUT2D eigenvalue weighted by molar-refractivity contribution is 5.71. The smallest absolute Gasteiger partial charge is 0.306 e. The van der Waals surface area contributed by atoms with E-state index in [9.17, 15) is 14.4 Å². The van der Waals surface area contributed by atoms with Gasteiger partial charge in [-0.25, -0.2) is 0 Å². The lowest BCUT2D eigenvalue weighted by Crippen LogP contribution is -2.30. The maximum Gasteiger partial charge on any atom is 0.306 e. The van der Waals surface area contributed by atoms with Crippen LogP contribution in [0.5, 0.6) is 0 Å². The minimum absolute atomic E-state index is 0.0681. The Morgan fingerprint density at radius 1 is 0.250 bits per heavy atom. The molecule has 80 heavy (non-hydrogen) atoms. The molecule has 0 radical (unpaired) electrons. The van der Waals surface area contributed by atoms with Crippen LogP contribution in [-0.2, 0) is 28.6 Å². The van der Waals surface area contributed by atoms with Gasteiger partial charge in [0.2, 0.25) is 0 Å². The van der Waals surface area contributed by atoms with Gasteiger partial charge in [-0.15, -0.1) is 0 Å². The number of carbonyl (C=O) groups is 3. The third-order valence-electron chi connectivity index (χ3n) is 16.4. The fourth-order valence-corrected chi connectivity index (χ4v) is 10.9. The van der Waals surface area contributed by atoms with Crippen LogP contribution < -0.4 is 0 Å². The zero-order valence-electron chi connectivity index (χ0n) is 54.1. The first-order chi connectivity index (χ1) is 39.5. The zero-order valence-corrected chi connectivity index (χ0v) is 54.1. The third-order valence-corrected chi connectivity index (χ3v) is 16.4. The summed E-state index contributed by atoms with van der Waals surface area (Å²) in [5.74, 6) is -0.850. The molecule has 1 unspecified atom stereocenters. The molecular weight excluding hydrogens is 985 g/mol. The molecule has 0 aliphatic carbocycles. The van der Waals surface area contributed by atoms with Gasteiger partial charge in [-0.05, 0) is 77.0 Å². The minimum atomic E-state index is -0.771. The molecule has 0 spiro atoms. The molecule has 0 aromatic heterocycles. The third kappa shape index (κ3) is 66.4. The summed E-state index contributed by atoms with van der Waals surface area (Å²) >= 11 is 0. The van der Waals surface area contributed by atoms with Gasteiger partial charge in [0.1, 0.15) is 13.2 Å². The van der Waals surface area contributed by atoms with E-state index in [2.05, 4.69) is 57.2 Å². The van der Waals surface area contributed by atoms with Crippen LogP contribution in [0.15, 0.2) is 36.5 Å². The Bertz CT molecular complexity index is 1340. The van der Waals surface area contributed by atoms with Gasteiger partial charge in [-0.3, -0.25) is 14.4 Å². The van der Waals surface area contributed by atoms with E-state index in [0.29, 0.717) is 19.3 Å². The van der Waals surface area contributed by atoms with Gasteiger partial charge in [0.15, 0.2) is 6.10 Å². The van der Waals surface area contributed by atoms with Crippen LogP contribution in [0.25, 0.3) is 0 Å². The number of allylic oxidation sites excluding steroid dienone is 6. The second-order valence-corrected chi connectivity index (χ2v) is 24.5. The highest BCUT2D eigenvalue weighted by Gasteiger charge is 2.19. The van der Waals surface area contributed by atoms with Gasteiger partial charge in [0.05, 0.1) is 0 Å². The molecule has 0 heterocycles. The lowest BCUT2D eigenvalue weighted by atomic mass is 10.0. The van der Waals surface area contributed by atoms with E-state index in [4.69, 9.17) is 14.2 Å². The molecule has 0 aromatic rings. The Morgan fingerprint density at radius 2 is 0.450 bits per heavy atom. The first kappa shape index (κ1) is 77.6. The minimum Gasteiger partial charge on any atom is -0.462 e. The fourth-order valence-electron chi connectivity index (χ4n) is 10.9. The molecular formula is C74H138O6. The maximum absolute atomic E-state index is 12.9. The topological polar surface area (TPSA) is 78.9 Å². The lowest BCUT2D eigenvalue weighted by Gasteiger charge is -2.18. The summed E-state index contributed by atoms with van der Waals surface area (Å²) in [6.45, 7) is 6.66. The molecule has 6 heteroatoms. The van der Waals surface area contributed by atoms with E-state index in [1.807, 2.05) is 0 Å². The number of ether oxygens (including phenoxy) is 3. The quantitative estimate of drug-likeness (QED) is 0.0261. The van der Waals surface area contributed by atoms with Gasteiger partial charge in [-0.1, -0.05) is 340 Å². The monoisotopic (exact) mass is 1120 g/mol. The Kier molecular flexibility index (Phi) is 67.1. The van der Waals surface area contributed by atoms with Crippen molar-refractivity contribution in [1.29, 1.82) is 0 Å². The molecule has 0 fully saturated rings. The summed E-state index contributed by atoms with van der Waals surface area (Å²) in [6, 6.07) is 0. The lowest BCUT2D eigenvalue weighted by molar-refractivity contribution is -0.167. The highest BCUT2D eigenvalue weighted by Crippen LogP contribution is 2.19. The van der Waals surface area contributed by atoms with Crippen molar-refractivity contribution < 1.29 is 28.6 Å². The van der Waals surface area contributed by atoms with E-state index in [1.165, 1.54) is 289 Å². The zero-order chi connectivity index (χ0) is 57.8. The normalized spacial score (nSPS) is 12.2. The van der Waals surface area contributed by atoms with Gasteiger partial charge < -0.3 is 14.2 Å². The first-order valence-corrected chi connectivity index (χ1v) is 36.0. The van der Waals surface area contributed by atoms with Crippen LogP contribution in [0, 0.1) is 0 Å². The number of rotatable bonds is 67. The van der Waals surface area contributed by atoms with Crippen molar-refractivity contribution >= 4 is 17.9 Å². The molecule has 0 rings (SSSR count). The van der Waals surface area contributed by atoms with Gasteiger partial charge >= 0.3 is 17.9 Å². The summed E-state index contributed by atoms with van der Waals surface area (Å²) in [6.07, 6.45) is 86.3. The van der Waals surface area contributed by atoms with E-state index in [0.717, 1.165) is 70.6 Å². The molecule has 0 saturated carbocycles. The largest absolute Gasteiger partial charge is 0.462 e. The van der Waals surface area contributed by atoms with Crippen LogP contribution >= 0.6 is 0 Å². The second-order valence-electron chi connectivity index (χ2n) is 24.5. The Morgan fingerprint density at radius 3 is 0.725 bits per heavy atom. The van der Waals surface area contributed by atoms with Crippen LogP contribution in [0.3, 0.4) is 0 Å². The second kappa shape index (κ2) is 69.1. The SMILES string of the molecule is CCCCC/C=C\CCCCCCCC(=O)OCC(COC(=O)CCCCCCCCCCCCCCCCCCCCCCCCC/C=C\C/C=C\CCCCCCC)OC(=O)CCCCCCCCCCCCCCCCC. The molecule has 0 aromatic carbocycles. The van der Waals surface area contributed by atoms with E-state index < -0.39 is 6.10 Å². The number of carbonyl (C=O) groups excluding carboxylic acids is 3. The van der Waals surface area contributed by atoms with Crippen LogP contribution in [-0.4, -0.2) is 37.2 Å². The van der Waals surface area contributed by atoms with Crippen molar-refractivity contribution in [2.75, 3.05) is 13.2 Å². The average Bonchev–Trinajstić information content (AvgIpc) is 3.46. The van der Waals surface area contributed by atoms with E-state index in [-0.39, 0.29) is 31.1 Å². The summed E-state index contributed by atoms with van der Waals surface area (Å²) < 4.78 is 16.9. The fraction of sp³-hybridized carbons (Fsp3) is 0.878. The summed E-state index contributed by atoms with van der Waals surface area (Å²) in [7, 11) is 0. The number of hydrogen-bond donors (Lipinski definition) is 0. The molecule has 0 amide bonds. The molecule has 1 atom stereocenters. The molecule has 0 saturated heterocycles. The Balaban J connectivity index is 4.02. The predicted molar refractivity (Wildman–Crippen MR) is 349 cm³/mol. The molecule has 470 valence electrons. The number of unbranched alkanes of at least 4 members (excludes halogenated alkanes) is 50. The Labute approximate surface area is 499 Å². The molecule has 0 aliphatic heterocycles. The first-order valence-electron chi connectivity index (χ1n) is 36.0. The summed E-state index contributed by atoms with van der Waals surface area (Å²) in [5.41, 5.74) is 0. The Hall–Kier alpha value is -2.37.